The largest absolute Gasteiger partial charge is 0.377 e. The fraction of sp³-hybridized carbons (Fsp3) is 0.625. The predicted octanol–water partition coefficient (Wildman–Crippen LogP) is 3.44. The van der Waals surface area contributed by atoms with Crippen LogP contribution in [0.25, 0.3) is 0 Å². The van der Waals surface area contributed by atoms with Gasteiger partial charge in [-0.25, -0.2) is 0 Å². The standard InChI is InChI=1S/C16H23N3O2S/c1-12(2)16-17-15(21-18-16)11-19(9-13-5-3-7-20-13)10-14-6-4-8-22-14/h4,6,8,12-13H,3,5,7,9-11H2,1-2H3. The van der Waals surface area contributed by atoms with E-state index < -0.39 is 0 Å². The van der Waals surface area contributed by atoms with E-state index in [1.165, 1.54) is 4.88 Å². The highest BCUT2D eigenvalue weighted by Crippen LogP contribution is 2.19. The summed E-state index contributed by atoms with van der Waals surface area (Å²) in [5.74, 6) is 1.77. The zero-order valence-electron chi connectivity index (χ0n) is 13.2. The molecular weight excluding hydrogens is 298 g/mol. The smallest absolute Gasteiger partial charge is 0.240 e. The van der Waals surface area contributed by atoms with Gasteiger partial charge in [0.15, 0.2) is 5.82 Å². The molecule has 0 aliphatic carbocycles. The summed E-state index contributed by atoms with van der Waals surface area (Å²) in [5, 5.41) is 6.17. The predicted molar refractivity (Wildman–Crippen MR) is 85.8 cm³/mol. The van der Waals surface area contributed by atoms with Crippen molar-refractivity contribution < 1.29 is 9.26 Å². The molecule has 0 aromatic carbocycles. The third-order valence-corrected chi connectivity index (χ3v) is 4.67. The van der Waals surface area contributed by atoms with Gasteiger partial charge in [-0.3, -0.25) is 4.90 Å². The Balaban J connectivity index is 1.65. The van der Waals surface area contributed by atoms with Crippen molar-refractivity contribution in [3.05, 3.63) is 34.1 Å². The first-order valence-corrected chi connectivity index (χ1v) is 8.77. The van der Waals surface area contributed by atoms with E-state index in [-0.39, 0.29) is 0 Å². The quantitative estimate of drug-likeness (QED) is 0.782. The molecule has 5 nitrogen and oxygen atoms in total. The van der Waals surface area contributed by atoms with E-state index in [1.54, 1.807) is 11.3 Å². The molecule has 3 heterocycles. The summed E-state index contributed by atoms with van der Waals surface area (Å²) in [5.41, 5.74) is 0. The van der Waals surface area contributed by atoms with E-state index in [2.05, 4.69) is 46.4 Å². The molecule has 0 spiro atoms. The molecule has 0 bridgehead atoms. The van der Waals surface area contributed by atoms with Crippen molar-refractivity contribution in [3.8, 4) is 0 Å². The molecule has 1 atom stereocenters. The Morgan fingerprint density at radius 1 is 1.41 bits per heavy atom. The first-order valence-electron chi connectivity index (χ1n) is 7.89. The van der Waals surface area contributed by atoms with E-state index in [9.17, 15) is 0 Å². The number of hydrogen-bond donors (Lipinski definition) is 0. The molecule has 22 heavy (non-hydrogen) atoms. The minimum atomic E-state index is 0.293. The lowest BCUT2D eigenvalue weighted by Crippen LogP contribution is -2.31. The molecule has 1 saturated heterocycles. The number of aromatic nitrogens is 2. The Labute approximate surface area is 135 Å². The topological polar surface area (TPSA) is 51.4 Å². The van der Waals surface area contributed by atoms with Gasteiger partial charge < -0.3 is 9.26 Å². The summed E-state index contributed by atoms with van der Waals surface area (Å²) in [6, 6.07) is 4.26. The Kier molecular flexibility index (Phi) is 5.23. The molecular formula is C16H23N3O2S. The zero-order chi connectivity index (χ0) is 15.4. The summed E-state index contributed by atoms with van der Waals surface area (Å²) < 4.78 is 11.2. The highest BCUT2D eigenvalue weighted by Gasteiger charge is 2.21. The second kappa shape index (κ2) is 7.35. The maximum Gasteiger partial charge on any atom is 0.240 e. The number of hydrogen-bond acceptors (Lipinski definition) is 6. The normalized spacial score (nSPS) is 18.6. The molecule has 0 radical (unpaired) electrons. The first kappa shape index (κ1) is 15.6. The van der Waals surface area contributed by atoms with E-state index >= 15 is 0 Å². The second-order valence-electron chi connectivity index (χ2n) is 6.09. The van der Waals surface area contributed by atoms with E-state index in [1.807, 2.05) is 0 Å². The van der Waals surface area contributed by atoms with Crippen molar-refractivity contribution in [2.75, 3.05) is 13.2 Å². The van der Waals surface area contributed by atoms with Crippen LogP contribution in [0.5, 0.6) is 0 Å². The van der Waals surface area contributed by atoms with Crippen LogP contribution in [0, 0.1) is 0 Å². The molecule has 2 aromatic heterocycles. The maximum absolute atomic E-state index is 5.78. The van der Waals surface area contributed by atoms with Gasteiger partial charge >= 0.3 is 0 Å². The molecule has 2 aromatic rings. The van der Waals surface area contributed by atoms with Crippen molar-refractivity contribution in [1.82, 2.24) is 15.0 Å². The number of nitrogens with zero attached hydrogens (tertiary/aromatic N) is 3. The van der Waals surface area contributed by atoms with Gasteiger partial charge in [-0.1, -0.05) is 25.1 Å². The van der Waals surface area contributed by atoms with Gasteiger partial charge in [0.1, 0.15) is 0 Å². The third-order valence-electron chi connectivity index (χ3n) is 3.80. The van der Waals surface area contributed by atoms with Crippen LogP contribution < -0.4 is 0 Å². The SMILES string of the molecule is CC(C)c1noc(CN(Cc2cccs2)CC2CCCO2)n1. The summed E-state index contributed by atoms with van der Waals surface area (Å²) in [6.07, 6.45) is 2.63. The Morgan fingerprint density at radius 3 is 2.95 bits per heavy atom. The molecule has 1 unspecified atom stereocenters. The fourth-order valence-electron chi connectivity index (χ4n) is 2.64. The van der Waals surface area contributed by atoms with Gasteiger partial charge in [-0.15, -0.1) is 11.3 Å². The van der Waals surface area contributed by atoms with Crippen LogP contribution in [-0.4, -0.2) is 34.3 Å². The molecule has 0 saturated carbocycles. The van der Waals surface area contributed by atoms with Gasteiger partial charge in [-0.05, 0) is 24.3 Å². The van der Waals surface area contributed by atoms with Crippen LogP contribution in [0.4, 0.5) is 0 Å². The minimum absolute atomic E-state index is 0.293. The highest BCUT2D eigenvalue weighted by molar-refractivity contribution is 7.09. The van der Waals surface area contributed by atoms with Gasteiger partial charge in [-0.2, -0.15) is 4.98 Å². The number of thiophene rings is 1. The summed E-state index contributed by atoms with van der Waals surface area (Å²) in [4.78, 5) is 8.19. The van der Waals surface area contributed by atoms with Crippen LogP contribution in [0.2, 0.25) is 0 Å². The van der Waals surface area contributed by atoms with Crippen molar-refractivity contribution >= 4 is 11.3 Å². The average Bonchev–Trinajstić information content (AvgIpc) is 3.19. The fourth-order valence-corrected chi connectivity index (χ4v) is 3.39. The Hall–Kier alpha value is -1.24. The van der Waals surface area contributed by atoms with Crippen molar-refractivity contribution in [2.24, 2.45) is 0 Å². The summed E-state index contributed by atoms with van der Waals surface area (Å²) >= 11 is 1.78. The van der Waals surface area contributed by atoms with Crippen molar-refractivity contribution in [2.45, 2.75) is 51.8 Å². The molecule has 1 aliphatic heterocycles. The minimum Gasteiger partial charge on any atom is -0.377 e. The van der Waals surface area contributed by atoms with Gasteiger partial charge in [0.05, 0.1) is 12.6 Å². The van der Waals surface area contributed by atoms with Gasteiger partial charge in [0.25, 0.3) is 0 Å². The van der Waals surface area contributed by atoms with Crippen LogP contribution >= 0.6 is 11.3 Å². The number of ether oxygens (including phenoxy) is 1. The van der Waals surface area contributed by atoms with Crippen LogP contribution in [0.3, 0.4) is 0 Å². The Morgan fingerprint density at radius 2 is 2.32 bits per heavy atom. The van der Waals surface area contributed by atoms with Crippen LogP contribution in [-0.2, 0) is 17.8 Å². The molecule has 120 valence electrons. The van der Waals surface area contributed by atoms with Gasteiger partial charge in [0.2, 0.25) is 5.89 Å². The van der Waals surface area contributed by atoms with Crippen molar-refractivity contribution in [1.29, 1.82) is 0 Å². The first-order chi connectivity index (χ1) is 10.7. The molecule has 0 amide bonds. The van der Waals surface area contributed by atoms with E-state index in [0.717, 1.165) is 38.4 Å². The summed E-state index contributed by atoms with van der Waals surface area (Å²) in [6.45, 7) is 7.52. The van der Waals surface area contributed by atoms with E-state index in [4.69, 9.17) is 9.26 Å². The van der Waals surface area contributed by atoms with Gasteiger partial charge in [0, 0.05) is 30.5 Å². The Bertz CT molecular complexity index is 562. The molecule has 1 fully saturated rings. The lowest BCUT2D eigenvalue weighted by molar-refractivity contribution is 0.0644. The third kappa shape index (κ3) is 4.15. The maximum atomic E-state index is 5.78. The average molecular weight is 321 g/mol. The summed E-state index contributed by atoms with van der Waals surface area (Å²) in [7, 11) is 0. The highest BCUT2D eigenvalue weighted by atomic mass is 32.1. The molecule has 1 aliphatic rings. The zero-order valence-corrected chi connectivity index (χ0v) is 14.0. The lowest BCUT2D eigenvalue weighted by Gasteiger charge is -2.23. The molecule has 6 heteroatoms. The van der Waals surface area contributed by atoms with E-state index in [0.29, 0.717) is 24.5 Å². The second-order valence-corrected chi connectivity index (χ2v) is 7.12. The van der Waals surface area contributed by atoms with Crippen LogP contribution in [0.15, 0.2) is 22.0 Å². The monoisotopic (exact) mass is 321 g/mol. The lowest BCUT2D eigenvalue weighted by atomic mass is 10.2. The molecule has 3 rings (SSSR count). The molecule has 0 N–H and O–H groups in total. The van der Waals surface area contributed by atoms with Crippen LogP contribution in [0.1, 0.15) is 49.2 Å². The van der Waals surface area contributed by atoms with Crippen molar-refractivity contribution in [3.63, 3.8) is 0 Å². The number of rotatable bonds is 7.